The molecule has 202 valence electrons. The first-order chi connectivity index (χ1) is 18.0. The normalized spacial score (nSPS) is 15.2. The fraction of sp³-hybridized carbons (Fsp3) is 0.423. The van der Waals surface area contributed by atoms with Gasteiger partial charge in [-0.05, 0) is 70.6 Å². The van der Waals surface area contributed by atoms with Crippen molar-refractivity contribution in [1.29, 1.82) is 0 Å². The molecule has 0 atom stereocenters. The van der Waals surface area contributed by atoms with Gasteiger partial charge in [0.1, 0.15) is 11.9 Å². The molecule has 2 aliphatic rings. The molecule has 1 aromatic carbocycles. The van der Waals surface area contributed by atoms with Crippen molar-refractivity contribution in [2.45, 2.75) is 49.8 Å². The molecular weight excluding hydrogens is 508 g/mol. The van der Waals surface area contributed by atoms with Crippen molar-refractivity contribution in [2.75, 3.05) is 32.6 Å². The highest BCUT2D eigenvalue weighted by molar-refractivity contribution is 7.90. The van der Waals surface area contributed by atoms with Gasteiger partial charge >= 0.3 is 6.03 Å². The van der Waals surface area contributed by atoms with Gasteiger partial charge < -0.3 is 19.7 Å². The number of likely N-dealkylation sites (N-methyl/N-ethyl adjacent to an activating group) is 1. The van der Waals surface area contributed by atoms with Gasteiger partial charge in [-0.2, -0.15) is 13.5 Å². The first-order valence-corrected chi connectivity index (χ1v) is 14.0. The third-order valence-electron chi connectivity index (χ3n) is 6.37. The molecule has 0 spiro atoms. The van der Waals surface area contributed by atoms with E-state index < -0.39 is 21.6 Å². The van der Waals surface area contributed by atoms with E-state index in [9.17, 15) is 13.2 Å². The predicted octanol–water partition coefficient (Wildman–Crippen LogP) is 3.23. The Morgan fingerprint density at radius 3 is 2.76 bits per heavy atom. The number of urea groups is 1. The van der Waals surface area contributed by atoms with Crippen LogP contribution in [0.2, 0.25) is 0 Å². The Labute approximate surface area is 222 Å². The van der Waals surface area contributed by atoms with Crippen molar-refractivity contribution >= 4 is 21.7 Å². The van der Waals surface area contributed by atoms with E-state index in [2.05, 4.69) is 20.1 Å². The Morgan fingerprint density at radius 2 is 2.03 bits per heavy atom. The molecule has 1 aliphatic heterocycles. The number of ether oxygens (including phenoxy) is 2. The smallest absolute Gasteiger partial charge is 0.333 e. The van der Waals surface area contributed by atoms with Gasteiger partial charge in [0.15, 0.2) is 5.03 Å². The highest BCUT2D eigenvalue weighted by Gasteiger charge is 2.28. The number of carbonyl (C=O) groups is 1. The zero-order chi connectivity index (χ0) is 27.1. The third kappa shape index (κ3) is 5.60. The van der Waals surface area contributed by atoms with E-state index in [0.717, 1.165) is 24.0 Å². The van der Waals surface area contributed by atoms with Crippen LogP contribution in [0.4, 0.5) is 10.5 Å². The molecule has 12 heteroatoms. The van der Waals surface area contributed by atoms with E-state index in [4.69, 9.17) is 9.47 Å². The number of amides is 2. The second-order valence-electron chi connectivity index (χ2n) is 10.5. The number of rotatable bonds is 9. The number of benzene rings is 1. The van der Waals surface area contributed by atoms with Crippen LogP contribution in [-0.4, -0.2) is 67.5 Å². The quantitative estimate of drug-likeness (QED) is 0.424. The molecule has 1 fully saturated rings. The second-order valence-corrected chi connectivity index (χ2v) is 12.1. The lowest BCUT2D eigenvalue weighted by Crippen LogP contribution is -2.38. The summed E-state index contributed by atoms with van der Waals surface area (Å²) in [4.78, 5) is 19.3. The number of carbonyl (C=O) groups excluding carboxylic acids is 1. The molecule has 38 heavy (non-hydrogen) atoms. The highest BCUT2D eigenvalue weighted by Crippen LogP contribution is 2.40. The van der Waals surface area contributed by atoms with Gasteiger partial charge in [-0.1, -0.05) is 0 Å². The van der Waals surface area contributed by atoms with Gasteiger partial charge in [0.25, 0.3) is 10.0 Å². The highest BCUT2D eigenvalue weighted by atomic mass is 32.2. The molecule has 2 aromatic heterocycles. The lowest BCUT2D eigenvalue weighted by atomic mass is 9.99. The van der Waals surface area contributed by atoms with Crippen molar-refractivity contribution in [3.63, 3.8) is 0 Å². The van der Waals surface area contributed by atoms with Gasteiger partial charge in [-0.3, -0.25) is 4.68 Å². The first kappa shape index (κ1) is 26.0. The Hall–Kier alpha value is -3.64. The van der Waals surface area contributed by atoms with E-state index in [1.54, 1.807) is 17.1 Å². The molecule has 1 aliphatic carbocycles. The maximum Gasteiger partial charge on any atom is 0.333 e. The zero-order valence-corrected chi connectivity index (χ0v) is 22.7. The van der Waals surface area contributed by atoms with Crippen LogP contribution in [0.25, 0.3) is 11.1 Å². The average Bonchev–Trinajstić information content (AvgIpc) is 3.30. The predicted molar refractivity (Wildman–Crippen MR) is 142 cm³/mol. The number of fused-ring (bicyclic) bond motifs is 1. The molecule has 2 N–H and O–H groups in total. The molecule has 0 unspecified atom stereocenters. The van der Waals surface area contributed by atoms with Gasteiger partial charge in [-0.15, -0.1) is 0 Å². The summed E-state index contributed by atoms with van der Waals surface area (Å²) in [6.07, 6.45) is 6.04. The molecular formula is C26H32N6O5S. The summed E-state index contributed by atoms with van der Waals surface area (Å²) in [5.41, 5.74) is 2.32. The molecule has 2 amide bonds. The monoisotopic (exact) mass is 540 g/mol. The maximum absolute atomic E-state index is 13.0. The molecule has 3 heterocycles. The van der Waals surface area contributed by atoms with Crippen molar-refractivity contribution in [3.8, 4) is 22.8 Å². The Morgan fingerprint density at radius 1 is 1.24 bits per heavy atom. The van der Waals surface area contributed by atoms with Crippen LogP contribution in [0, 0.1) is 0 Å². The van der Waals surface area contributed by atoms with E-state index >= 15 is 0 Å². The van der Waals surface area contributed by atoms with Crippen LogP contribution < -0.4 is 19.5 Å². The van der Waals surface area contributed by atoms with E-state index in [-0.39, 0.29) is 11.1 Å². The zero-order valence-electron chi connectivity index (χ0n) is 21.9. The van der Waals surface area contributed by atoms with Gasteiger partial charge in [0.2, 0.25) is 5.88 Å². The van der Waals surface area contributed by atoms with Crippen molar-refractivity contribution in [1.82, 2.24) is 24.4 Å². The van der Waals surface area contributed by atoms with Crippen LogP contribution in [0.5, 0.6) is 11.6 Å². The van der Waals surface area contributed by atoms with E-state index in [1.165, 1.54) is 6.07 Å². The fourth-order valence-electron chi connectivity index (χ4n) is 4.60. The Balaban J connectivity index is 1.38. The topological polar surface area (TPSA) is 128 Å². The summed E-state index contributed by atoms with van der Waals surface area (Å²) >= 11 is 0. The standard InChI is InChI=1S/C26H32N6O5S/c1-26(2,16-31(3)4)32-13-10-23(29-32)38(34,35)30-25(33)28-24-19(7-8-21-20(24)11-14-36-21)17-9-12-27-22(15-17)37-18-5-6-18/h7-10,12-13,15,18H,5-6,11,14,16H2,1-4H3,(H2,28,30,33). The Kier molecular flexibility index (Phi) is 6.78. The van der Waals surface area contributed by atoms with Crippen LogP contribution in [0.3, 0.4) is 0 Å². The number of hydrogen-bond donors (Lipinski definition) is 2. The van der Waals surface area contributed by atoms with Crippen LogP contribution in [0.15, 0.2) is 47.8 Å². The van der Waals surface area contributed by atoms with E-state index in [0.29, 0.717) is 42.5 Å². The molecule has 0 bridgehead atoms. The SMILES string of the molecule is CN(C)CC(C)(C)n1ccc(S(=O)(=O)NC(=O)Nc2c(-c3ccnc(OC4CC4)c3)ccc3c2CCO3)n1. The molecule has 11 nitrogen and oxygen atoms in total. The van der Waals surface area contributed by atoms with Crippen molar-refractivity contribution < 1.29 is 22.7 Å². The molecule has 5 rings (SSSR count). The lowest BCUT2D eigenvalue weighted by Gasteiger charge is -2.28. The summed E-state index contributed by atoms with van der Waals surface area (Å²) in [5, 5.41) is 6.77. The maximum atomic E-state index is 13.0. The minimum atomic E-state index is -4.22. The molecule has 0 saturated heterocycles. The number of aromatic nitrogens is 3. The number of pyridine rings is 1. The van der Waals surface area contributed by atoms with Gasteiger partial charge in [-0.25, -0.2) is 14.5 Å². The minimum absolute atomic E-state index is 0.191. The number of sulfonamides is 1. The van der Waals surface area contributed by atoms with Crippen molar-refractivity contribution in [3.05, 3.63) is 48.3 Å². The molecule has 3 aromatic rings. The first-order valence-electron chi connectivity index (χ1n) is 12.5. The number of nitrogens with one attached hydrogen (secondary N) is 2. The lowest BCUT2D eigenvalue weighted by molar-refractivity contribution is 0.221. The number of hydrogen-bond acceptors (Lipinski definition) is 8. The Bertz CT molecular complexity index is 1460. The fourth-order valence-corrected chi connectivity index (χ4v) is 5.44. The second kappa shape index (κ2) is 9.91. The van der Waals surface area contributed by atoms with Crippen LogP contribution >= 0.6 is 0 Å². The van der Waals surface area contributed by atoms with Crippen LogP contribution in [0.1, 0.15) is 32.3 Å². The number of nitrogens with zero attached hydrogens (tertiary/aromatic N) is 4. The summed E-state index contributed by atoms with van der Waals surface area (Å²) in [6.45, 7) is 5.03. The molecule has 1 saturated carbocycles. The number of anilines is 1. The summed E-state index contributed by atoms with van der Waals surface area (Å²) in [6, 6.07) is 7.81. The largest absolute Gasteiger partial charge is 0.493 e. The van der Waals surface area contributed by atoms with E-state index in [1.807, 2.05) is 57.1 Å². The summed E-state index contributed by atoms with van der Waals surface area (Å²) in [7, 11) is -0.357. The van der Waals surface area contributed by atoms with Crippen molar-refractivity contribution in [2.24, 2.45) is 0 Å². The van der Waals surface area contributed by atoms with Gasteiger partial charge in [0, 0.05) is 42.6 Å². The average molecular weight is 541 g/mol. The summed E-state index contributed by atoms with van der Waals surface area (Å²) < 4.78 is 41.3. The van der Waals surface area contributed by atoms with Crippen LogP contribution in [-0.2, 0) is 22.0 Å². The molecule has 0 radical (unpaired) electrons. The minimum Gasteiger partial charge on any atom is -0.493 e. The summed E-state index contributed by atoms with van der Waals surface area (Å²) in [5.74, 6) is 1.16. The third-order valence-corrected chi connectivity index (χ3v) is 7.59. The van der Waals surface area contributed by atoms with Gasteiger partial charge in [0.05, 0.1) is 17.8 Å².